The number of amides is 2. The summed E-state index contributed by atoms with van der Waals surface area (Å²) in [6, 6.07) is 6.20. The third-order valence-electron chi connectivity index (χ3n) is 7.21. The summed E-state index contributed by atoms with van der Waals surface area (Å²) in [5, 5.41) is 25.0. The highest BCUT2D eigenvalue weighted by Crippen LogP contribution is 2.52. The van der Waals surface area contributed by atoms with Gasteiger partial charge in [0, 0.05) is 47.3 Å². The van der Waals surface area contributed by atoms with Crippen molar-refractivity contribution >= 4 is 39.8 Å². The minimum absolute atomic E-state index is 0.0452. The van der Waals surface area contributed by atoms with Gasteiger partial charge in [0.2, 0.25) is 11.8 Å². The maximum atomic E-state index is 12.6. The minimum Gasteiger partial charge on any atom is -0.477 e. The summed E-state index contributed by atoms with van der Waals surface area (Å²) < 4.78 is 25.4. The molecule has 2 saturated heterocycles. The number of fused-ring (bicyclic) bond motifs is 1. The van der Waals surface area contributed by atoms with E-state index in [1.165, 1.54) is 23.6 Å². The number of benzene rings is 1. The van der Waals surface area contributed by atoms with Crippen LogP contribution in [0, 0.1) is 11.8 Å². The maximum Gasteiger partial charge on any atom is 0.353 e. The Bertz CT molecular complexity index is 1250. The number of carboxylic acids is 1. The van der Waals surface area contributed by atoms with E-state index >= 15 is 0 Å². The normalized spacial score (nSPS) is 28.8. The van der Waals surface area contributed by atoms with Crippen molar-refractivity contribution in [3.8, 4) is 0 Å². The van der Waals surface area contributed by atoms with Gasteiger partial charge in [0.15, 0.2) is 0 Å². The Balaban J connectivity index is 1.56. The lowest BCUT2D eigenvalue weighted by Gasteiger charge is -2.46. The number of β-lactam (4-membered cyclic amide) rings is 1. The molecule has 0 saturated carbocycles. The first-order valence-corrected chi connectivity index (χ1v) is 14.3. The molecule has 3 aliphatic heterocycles. The second-order valence-corrected chi connectivity index (χ2v) is 12.5. The monoisotopic (exact) mass is 553 g/mol. The molecule has 7 N–H and O–H groups in total. The number of rotatable bonds is 10. The van der Waals surface area contributed by atoms with Gasteiger partial charge in [-0.2, -0.15) is 8.42 Å². The number of aliphatic carboxylic acids is 1. The number of nitrogens with zero attached hydrogens (tertiary/aromatic N) is 2. The van der Waals surface area contributed by atoms with E-state index in [0.717, 1.165) is 5.56 Å². The van der Waals surface area contributed by atoms with Crippen molar-refractivity contribution in [2.45, 2.75) is 50.3 Å². The van der Waals surface area contributed by atoms with Crippen molar-refractivity contribution in [1.82, 2.24) is 14.5 Å². The summed E-state index contributed by atoms with van der Waals surface area (Å²) in [6.07, 6.45) is -0.355. The Kier molecular flexibility index (Phi) is 7.70. The van der Waals surface area contributed by atoms with E-state index in [4.69, 9.17) is 10.9 Å². The highest BCUT2D eigenvalue weighted by Gasteiger charge is 2.60. The van der Waals surface area contributed by atoms with Gasteiger partial charge in [-0.3, -0.25) is 14.5 Å². The van der Waals surface area contributed by atoms with Crippen molar-refractivity contribution in [3.05, 3.63) is 46.0 Å². The topological polar surface area (TPSA) is 196 Å². The van der Waals surface area contributed by atoms with Crippen LogP contribution in [0.3, 0.4) is 0 Å². The van der Waals surface area contributed by atoms with E-state index in [0.29, 0.717) is 30.0 Å². The van der Waals surface area contributed by atoms with Crippen LogP contribution >= 0.6 is 11.8 Å². The Morgan fingerprint density at radius 1 is 1.32 bits per heavy atom. The first kappa shape index (κ1) is 27.5. The van der Waals surface area contributed by atoms with E-state index in [1.807, 2.05) is 13.0 Å². The Labute approximate surface area is 219 Å². The molecular weight excluding hydrogens is 522 g/mol. The zero-order valence-corrected chi connectivity index (χ0v) is 22.0. The van der Waals surface area contributed by atoms with E-state index in [2.05, 4.69) is 9.62 Å². The number of aliphatic hydroxyl groups excluding tert-OH is 1. The molecule has 1 aromatic carbocycles. The van der Waals surface area contributed by atoms with Crippen molar-refractivity contribution in [1.29, 1.82) is 0 Å². The Hall–Kier alpha value is -2.49. The number of nitrogens with two attached hydrogens (primary N) is 2. The summed E-state index contributed by atoms with van der Waals surface area (Å²) >= 11 is 1.38. The summed E-state index contributed by atoms with van der Waals surface area (Å²) in [7, 11) is -3.92. The molecule has 14 heteroatoms. The van der Waals surface area contributed by atoms with Gasteiger partial charge in [0.1, 0.15) is 5.70 Å². The Morgan fingerprint density at radius 3 is 2.62 bits per heavy atom. The maximum absolute atomic E-state index is 12.6. The molecule has 0 unspecified atom stereocenters. The molecule has 3 heterocycles. The Morgan fingerprint density at radius 2 is 2.03 bits per heavy atom. The molecule has 202 valence electrons. The number of likely N-dealkylation sites (tertiary alicyclic amines) is 1. The van der Waals surface area contributed by atoms with Crippen LogP contribution in [0.1, 0.15) is 36.2 Å². The summed E-state index contributed by atoms with van der Waals surface area (Å²) in [4.78, 5) is 40.3. The molecule has 0 spiro atoms. The highest BCUT2D eigenvalue weighted by molar-refractivity contribution is 8.03. The van der Waals surface area contributed by atoms with E-state index in [-0.39, 0.29) is 29.5 Å². The molecule has 4 rings (SSSR count). The number of carbonyl (C=O) groups is 3. The van der Waals surface area contributed by atoms with E-state index in [9.17, 15) is 33.0 Å². The molecular formula is C23H31N5O7S2. The fourth-order valence-electron chi connectivity index (χ4n) is 5.56. The second-order valence-electron chi connectivity index (χ2n) is 9.79. The molecule has 0 bridgehead atoms. The fourth-order valence-corrected chi connectivity index (χ4v) is 7.58. The van der Waals surface area contributed by atoms with Gasteiger partial charge in [-0.1, -0.05) is 19.1 Å². The van der Waals surface area contributed by atoms with Crippen LogP contribution in [0.15, 0.2) is 34.9 Å². The number of carboxylic acid groups (broad SMARTS) is 1. The predicted molar refractivity (Wildman–Crippen MR) is 136 cm³/mol. The summed E-state index contributed by atoms with van der Waals surface area (Å²) in [6.45, 7) is 4.36. The van der Waals surface area contributed by atoms with E-state index in [1.54, 1.807) is 18.2 Å². The summed E-state index contributed by atoms with van der Waals surface area (Å²) in [5.41, 5.74) is 6.53. The number of primary amides is 1. The van der Waals surface area contributed by atoms with Crippen LogP contribution in [-0.2, 0) is 26.3 Å². The first-order valence-electron chi connectivity index (χ1n) is 11.8. The summed E-state index contributed by atoms with van der Waals surface area (Å²) in [5.74, 6) is -3.05. The van der Waals surface area contributed by atoms with Crippen LogP contribution in [-0.4, -0.2) is 82.7 Å². The largest absolute Gasteiger partial charge is 0.477 e. The fraction of sp³-hybridized carbons (Fsp3) is 0.522. The van der Waals surface area contributed by atoms with Crippen LogP contribution in [0.25, 0.3) is 0 Å². The molecule has 0 aromatic heterocycles. The molecule has 6 atom stereocenters. The molecule has 0 aliphatic carbocycles. The zero-order chi connectivity index (χ0) is 27.2. The lowest BCUT2D eigenvalue weighted by atomic mass is 9.79. The van der Waals surface area contributed by atoms with Crippen molar-refractivity contribution in [2.24, 2.45) is 22.7 Å². The second kappa shape index (κ2) is 10.3. The lowest BCUT2D eigenvalue weighted by molar-refractivity contribution is -0.163. The zero-order valence-electron chi connectivity index (χ0n) is 20.4. The average Bonchev–Trinajstić information content (AvgIpc) is 3.28. The SMILES string of the molecule is C[C@@H](O)[C@H]1C(=O)N2C(C(=O)O)=C(S[C@H]3C[C@@H](CNS(N)(=O)=O)N(Cc4cccc(C(N)=O)c4)C3)[C@H](C)[C@H]12. The van der Waals surface area contributed by atoms with Gasteiger partial charge in [0.05, 0.1) is 18.1 Å². The standard InChI is InChI=1S/C23H31N5O7S2/c1-11-18-17(12(2)29)22(31)28(18)19(23(32)33)20(11)36-16-7-15(8-26-37(25,34)35)27(10-16)9-13-4-3-5-14(6-13)21(24)30/h3-6,11-12,15-18,26,29H,7-10H2,1-2H3,(H2,24,30)(H,32,33)(H2,25,34,35)/t11-,12-,15+,16+,17-,18-/m1/s1. The highest BCUT2D eigenvalue weighted by atomic mass is 32.2. The third kappa shape index (κ3) is 5.54. The van der Waals surface area contributed by atoms with Gasteiger partial charge in [0.25, 0.3) is 10.2 Å². The van der Waals surface area contributed by atoms with Gasteiger partial charge >= 0.3 is 5.97 Å². The number of thioether (sulfide) groups is 1. The third-order valence-corrected chi connectivity index (χ3v) is 9.27. The molecule has 1 aromatic rings. The van der Waals surface area contributed by atoms with Crippen LogP contribution in [0.4, 0.5) is 0 Å². The average molecular weight is 554 g/mol. The number of nitrogens with one attached hydrogen (secondary N) is 1. The van der Waals surface area contributed by atoms with Crippen LogP contribution in [0.2, 0.25) is 0 Å². The predicted octanol–water partition coefficient (Wildman–Crippen LogP) is -0.592. The van der Waals surface area contributed by atoms with Gasteiger partial charge in [-0.25, -0.2) is 14.7 Å². The quantitative estimate of drug-likeness (QED) is 0.235. The number of hydrogen-bond donors (Lipinski definition) is 5. The van der Waals surface area contributed by atoms with Crippen LogP contribution < -0.4 is 15.6 Å². The number of aliphatic hydroxyl groups is 1. The molecule has 0 radical (unpaired) electrons. The lowest BCUT2D eigenvalue weighted by Crippen LogP contribution is -2.63. The first-order chi connectivity index (χ1) is 17.3. The van der Waals surface area contributed by atoms with Crippen LogP contribution in [0.5, 0.6) is 0 Å². The molecule has 3 aliphatic rings. The number of hydrogen-bond acceptors (Lipinski definition) is 8. The molecule has 12 nitrogen and oxygen atoms in total. The minimum atomic E-state index is -3.92. The van der Waals surface area contributed by atoms with Crippen molar-refractivity contribution in [2.75, 3.05) is 13.1 Å². The number of carbonyl (C=O) groups excluding carboxylic acids is 2. The van der Waals surface area contributed by atoms with E-state index < -0.39 is 46.1 Å². The van der Waals surface area contributed by atoms with Gasteiger partial charge < -0.3 is 20.8 Å². The molecule has 2 fully saturated rings. The van der Waals surface area contributed by atoms with Gasteiger partial charge in [-0.05, 0) is 31.0 Å². The smallest absolute Gasteiger partial charge is 0.353 e. The van der Waals surface area contributed by atoms with Crippen molar-refractivity contribution < 1.29 is 33.0 Å². The van der Waals surface area contributed by atoms with Gasteiger partial charge in [-0.15, -0.1) is 11.8 Å². The molecule has 37 heavy (non-hydrogen) atoms. The molecule has 2 amide bonds. The van der Waals surface area contributed by atoms with Crippen molar-refractivity contribution in [3.63, 3.8) is 0 Å².